The Balaban J connectivity index is 2.10. The van der Waals surface area contributed by atoms with E-state index in [1.165, 1.54) is 6.33 Å². The molecule has 8 heteroatoms. The minimum absolute atomic E-state index is 0.209. The van der Waals surface area contributed by atoms with Crippen LogP contribution < -0.4 is 10.0 Å². The first kappa shape index (κ1) is 15.6. The van der Waals surface area contributed by atoms with Crippen molar-refractivity contribution in [1.82, 2.24) is 20.2 Å². The molecule has 0 bridgehead atoms. The lowest BCUT2D eigenvalue weighted by Gasteiger charge is -2.12. The molecule has 0 radical (unpaired) electrons. The second kappa shape index (κ2) is 6.79. The van der Waals surface area contributed by atoms with Crippen molar-refractivity contribution >= 4 is 10.0 Å². The lowest BCUT2D eigenvalue weighted by atomic mass is 10.1. The highest BCUT2D eigenvalue weighted by Crippen LogP contribution is 2.18. The number of hydrogen-bond acceptors (Lipinski definition) is 6. The van der Waals surface area contributed by atoms with Crippen LogP contribution in [0.15, 0.2) is 33.9 Å². The molecule has 1 aromatic carbocycles. The first-order chi connectivity index (χ1) is 10.0. The average Bonchev–Trinajstić information content (AvgIpc) is 2.94. The molecule has 0 unspecified atom stereocenters. The molecule has 1 heterocycles. The normalized spacial score (nSPS) is 11.7. The summed E-state index contributed by atoms with van der Waals surface area (Å²) in [6.45, 7) is 2.64. The standard InChI is InChI=1S/C13H18N4O3S/c1-10-11(8-14-2)4-3-5-12(10)21(18,19)17-7-6-13-15-9-16-20-13/h3-5,9,14,17H,6-8H2,1-2H3. The van der Waals surface area contributed by atoms with Crippen molar-refractivity contribution in [2.45, 2.75) is 24.8 Å². The van der Waals surface area contributed by atoms with Crippen LogP contribution in [0.5, 0.6) is 0 Å². The molecule has 2 aromatic rings. The van der Waals surface area contributed by atoms with Gasteiger partial charge in [-0.2, -0.15) is 4.98 Å². The summed E-state index contributed by atoms with van der Waals surface area (Å²) in [7, 11) is -1.73. The lowest BCUT2D eigenvalue weighted by Crippen LogP contribution is -2.27. The summed E-state index contributed by atoms with van der Waals surface area (Å²) < 4.78 is 32.1. The second-order valence-corrected chi connectivity index (χ2v) is 6.29. The van der Waals surface area contributed by atoms with Gasteiger partial charge in [-0.15, -0.1) is 0 Å². The molecule has 2 rings (SSSR count). The van der Waals surface area contributed by atoms with Crippen LogP contribution in [-0.4, -0.2) is 32.2 Å². The predicted molar refractivity (Wildman–Crippen MR) is 77.1 cm³/mol. The maximum Gasteiger partial charge on any atom is 0.240 e. The summed E-state index contributed by atoms with van der Waals surface area (Å²) in [5, 5.41) is 6.49. The Kier molecular flexibility index (Phi) is 5.05. The fourth-order valence-electron chi connectivity index (χ4n) is 2.01. The average molecular weight is 310 g/mol. The SMILES string of the molecule is CNCc1cccc(S(=O)(=O)NCCc2ncno2)c1C. The van der Waals surface area contributed by atoms with E-state index in [9.17, 15) is 8.42 Å². The third kappa shape index (κ3) is 3.87. The zero-order valence-corrected chi connectivity index (χ0v) is 12.8. The van der Waals surface area contributed by atoms with E-state index in [2.05, 4.69) is 20.2 Å². The maximum atomic E-state index is 12.3. The molecular formula is C13H18N4O3S. The maximum absolute atomic E-state index is 12.3. The highest BCUT2D eigenvalue weighted by atomic mass is 32.2. The van der Waals surface area contributed by atoms with Gasteiger partial charge in [-0.1, -0.05) is 17.3 Å². The van der Waals surface area contributed by atoms with E-state index in [0.29, 0.717) is 23.8 Å². The molecule has 7 nitrogen and oxygen atoms in total. The van der Waals surface area contributed by atoms with Gasteiger partial charge in [-0.05, 0) is 31.2 Å². The van der Waals surface area contributed by atoms with Crippen molar-refractivity contribution in [3.63, 3.8) is 0 Å². The van der Waals surface area contributed by atoms with E-state index in [1.54, 1.807) is 19.1 Å². The van der Waals surface area contributed by atoms with Crippen LogP contribution in [-0.2, 0) is 23.0 Å². The summed E-state index contributed by atoms with van der Waals surface area (Å²) in [5.74, 6) is 0.401. The topological polar surface area (TPSA) is 97.1 Å². The fraction of sp³-hybridized carbons (Fsp3) is 0.385. The molecular weight excluding hydrogens is 292 g/mol. The van der Waals surface area contributed by atoms with E-state index in [1.807, 2.05) is 13.1 Å². The molecule has 2 N–H and O–H groups in total. The molecule has 0 saturated carbocycles. The van der Waals surface area contributed by atoms with Gasteiger partial charge in [-0.25, -0.2) is 13.1 Å². The molecule has 0 saturated heterocycles. The van der Waals surface area contributed by atoms with Crippen LogP contribution in [0.2, 0.25) is 0 Å². The monoisotopic (exact) mass is 310 g/mol. The third-order valence-electron chi connectivity index (χ3n) is 3.09. The van der Waals surface area contributed by atoms with Crippen LogP contribution in [0.25, 0.3) is 0 Å². The Morgan fingerprint density at radius 1 is 1.33 bits per heavy atom. The first-order valence-corrected chi connectivity index (χ1v) is 8.01. The summed E-state index contributed by atoms with van der Waals surface area (Å²) in [6.07, 6.45) is 1.64. The fourth-order valence-corrected chi connectivity index (χ4v) is 3.33. The minimum atomic E-state index is -3.55. The molecule has 0 atom stereocenters. The molecule has 0 amide bonds. The van der Waals surface area contributed by atoms with Gasteiger partial charge in [-0.3, -0.25) is 0 Å². The largest absolute Gasteiger partial charge is 0.340 e. The molecule has 0 aliphatic carbocycles. The number of nitrogens with zero attached hydrogens (tertiary/aromatic N) is 2. The molecule has 114 valence electrons. The van der Waals surface area contributed by atoms with Crippen LogP contribution in [0, 0.1) is 6.92 Å². The smallest absolute Gasteiger partial charge is 0.240 e. The Bertz CT molecular complexity index is 683. The van der Waals surface area contributed by atoms with Crippen molar-refractivity contribution in [2.75, 3.05) is 13.6 Å². The van der Waals surface area contributed by atoms with E-state index in [4.69, 9.17) is 4.52 Å². The summed E-state index contributed by atoms with van der Waals surface area (Å²) in [6, 6.07) is 5.25. The van der Waals surface area contributed by atoms with Gasteiger partial charge in [0.25, 0.3) is 0 Å². The zero-order valence-electron chi connectivity index (χ0n) is 12.0. The summed E-state index contributed by atoms with van der Waals surface area (Å²) in [4.78, 5) is 4.14. The predicted octanol–water partition coefficient (Wildman–Crippen LogP) is 0.618. The van der Waals surface area contributed by atoms with Gasteiger partial charge in [0.05, 0.1) is 4.90 Å². The number of hydrogen-bond donors (Lipinski definition) is 2. The minimum Gasteiger partial charge on any atom is -0.340 e. The van der Waals surface area contributed by atoms with Gasteiger partial charge < -0.3 is 9.84 Å². The quantitative estimate of drug-likeness (QED) is 0.778. The van der Waals surface area contributed by atoms with Gasteiger partial charge in [0.1, 0.15) is 0 Å². The number of aromatic nitrogens is 2. The van der Waals surface area contributed by atoms with Gasteiger partial charge in [0.15, 0.2) is 6.33 Å². The van der Waals surface area contributed by atoms with Crippen LogP contribution in [0.3, 0.4) is 0 Å². The first-order valence-electron chi connectivity index (χ1n) is 6.53. The molecule has 0 fully saturated rings. The summed E-state index contributed by atoms with van der Waals surface area (Å²) in [5.41, 5.74) is 1.70. The van der Waals surface area contributed by atoms with E-state index in [-0.39, 0.29) is 6.54 Å². The Morgan fingerprint density at radius 2 is 2.14 bits per heavy atom. The van der Waals surface area contributed by atoms with Gasteiger partial charge in [0.2, 0.25) is 15.9 Å². The Hall–Kier alpha value is -1.77. The summed E-state index contributed by atoms with van der Waals surface area (Å²) >= 11 is 0. The van der Waals surface area contributed by atoms with E-state index in [0.717, 1.165) is 11.1 Å². The van der Waals surface area contributed by atoms with Gasteiger partial charge >= 0.3 is 0 Å². The van der Waals surface area contributed by atoms with Crippen molar-refractivity contribution in [3.05, 3.63) is 41.5 Å². The van der Waals surface area contributed by atoms with Crippen LogP contribution in [0.1, 0.15) is 17.0 Å². The number of nitrogens with one attached hydrogen (secondary N) is 2. The van der Waals surface area contributed by atoms with Crippen LogP contribution >= 0.6 is 0 Å². The number of rotatable bonds is 7. The van der Waals surface area contributed by atoms with Gasteiger partial charge in [0, 0.05) is 19.5 Å². The molecule has 1 aromatic heterocycles. The number of sulfonamides is 1. The lowest BCUT2D eigenvalue weighted by molar-refractivity contribution is 0.377. The highest BCUT2D eigenvalue weighted by Gasteiger charge is 2.18. The van der Waals surface area contributed by atoms with Crippen molar-refractivity contribution < 1.29 is 12.9 Å². The van der Waals surface area contributed by atoms with E-state index < -0.39 is 10.0 Å². The van der Waals surface area contributed by atoms with Crippen LogP contribution in [0.4, 0.5) is 0 Å². The Morgan fingerprint density at radius 3 is 2.81 bits per heavy atom. The highest BCUT2D eigenvalue weighted by molar-refractivity contribution is 7.89. The Labute approximate surface area is 123 Å². The second-order valence-electron chi connectivity index (χ2n) is 4.55. The van der Waals surface area contributed by atoms with E-state index >= 15 is 0 Å². The molecule has 21 heavy (non-hydrogen) atoms. The molecule has 0 aliphatic rings. The zero-order chi connectivity index (χ0) is 15.3. The number of benzene rings is 1. The third-order valence-corrected chi connectivity index (χ3v) is 4.70. The molecule has 0 spiro atoms. The van der Waals surface area contributed by atoms with Crippen molar-refractivity contribution in [1.29, 1.82) is 0 Å². The van der Waals surface area contributed by atoms with Crippen molar-refractivity contribution in [3.8, 4) is 0 Å². The molecule has 0 aliphatic heterocycles. The van der Waals surface area contributed by atoms with Crippen molar-refractivity contribution in [2.24, 2.45) is 0 Å².